The normalized spacial score (nSPS) is 29.6. The Morgan fingerprint density at radius 3 is 3.00 bits per heavy atom. The zero-order chi connectivity index (χ0) is 14.3. The molecule has 1 amide bonds. The second kappa shape index (κ2) is 5.19. The van der Waals surface area contributed by atoms with Gasteiger partial charge in [-0.15, -0.1) is 0 Å². The lowest BCUT2D eigenvalue weighted by molar-refractivity contribution is -0.117. The van der Waals surface area contributed by atoms with E-state index in [1.54, 1.807) is 4.90 Å². The molecule has 0 aromatic heterocycles. The summed E-state index contributed by atoms with van der Waals surface area (Å²) < 4.78 is 0. The first kappa shape index (κ1) is 13.6. The molecule has 108 valence electrons. The molecule has 2 heterocycles. The smallest absolute Gasteiger partial charge is 0.231 e. The van der Waals surface area contributed by atoms with Crippen LogP contribution in [0.4, 0.5) is 5.69 Å². The number of nitrogens with zero attached hydrogens (tertiary/aromatic N) is 1. The molecule has 0 radical (unpaired) electrons. The number of amides is 1. The van der Waals surface area contributed by atoms with Gasteiger partial charge in [0, 0.05) is 18.8 Å². The minimum absolute atomic E-state index is 0.186. The predicted octanol–water partition coefficient (Wildman–Crippen LogP) is 1.25. The van der Waals surface area contributed by atoms with E-state index in [4.69, 9.17) is 5.73 Å². The van der Waals surface area contributed by atoms with Crippen LogP contribution < -0.4 is 16.0 Å². The molecule has 1 saturated heterocycles. The van der Waals surface area contributed by atoms with Gasteiger partial charge in [0.15, 0.2) is 0 Å². The number of hydrogen-bond acceptors (Lipinski definition) is 3. The lowest BCUT2D eigenvalue weighted by Gasteiger charge is -2.35. The van der Waals surface area contributed by atoms with Crippen molar-refractivity contribution < 1.29 is 4.79 Å². The minimum Gasteiger partial charge on any atom is -0.330 e. The van der Waals surface area contributed by atoms with Crippen molar-refractivity contribution >= 4 is 11.6 Å². The summed E-state index contributed by atoms with van der Waals surface area (Å²) in [6.07, 6.45) is 1.65. The zero-order valence-corrected chi connectivity index (χ0v) is 12.2. The third-order valence-electron chi connectivity index (χ3n) is 4.82. The maximum Gasteiger partial charge on any atom is 0.231 e. The Hall–Kier alpha value is -1.39. The number of carbonyl (C=O) groups excluding carboxylic acids is 1. The summed E-state index contributed by atoms with van der Waals surface area (Å²) >= 11 is 0. The molecule has 0 bridgehead atoms. The third kappa shape index (κ3) is 2.23. The average Bonchev–Trinajstić information content (AvgIpc) is 2.73. The monoisotopic (exact) mass is 273 g/mol. The van der Waals surface area contributed by atoms with Gasteiger partial charge in [0.2, 0.25) is 5.91 Å². The van der Waals surface area contributed by atoms with Crippen molar-refractivity contribution in [2.45, 2.75) is 31.7 Å². The molecule has 2 aliphatic rings. The Balaban J connectivity index is 1.91. The fourth-order valence-electron chi connectivity index (χ4n) is 3.53. The van der Waals surface area contributed by atoms with Gasteiger partial charge in [0.1, 0.15) is 0 Å². The van der Waals surface area contributed by atoms with Gasteiger partial charge in [0.25, 0.3) is 0 Å². The molecule has 3 N–H and O–H groups in total. The standard InChI is InChI=1S/C16H23N3O/c1-10-5-14(13(8-17)9-18-10)11-3-4-15-12(6-11)7-16(20)19(15)2/h3-4,6,10,13-14,18H,5,7-9,17H2,1-2H3. The van der Waals surface area contributed by atoms with E-state index in [1.165, 1.54) is 5.56 Å². The van der Waals surface area contributed by atoms with Crippen molar-refractivity contribution in [3.63, 3.8) is 0 Å². The van der Waals surface area contributed by atoms with Crippen LogP contribution in [0, 0.1) is 5.92 Å². The Labute approximate surface area is 120 Å². The van der Waals surface area contributed by atoms with Gasteiger partial charge in [-0.1, -0.05) is 12.1 Å². The third-order valence-corrected chi connectivity index (χ3v) is 4.82. The topological polar surface area (TPSA) is 58.4 Å². The van der Waals surface area contributed by atoms with Crippen molar-refractivity contribution in [1.82, 2.24) is 5.32 Å². The maximum absolute atomic E-state index is 11.8. The van der Waals surface area contributed by atoms with Crippen LogP contribution in [-0.2, 0) is 11.2 Å². The van der Waals surface area contributed by atoms with Crippen LogP contribution in [0.25, 0.3) is 0 Å². The van der Waals surface area contributed by atoms with Crippen molar-refractivity contribution in [2.24, 2.45) is 11.7 Å². The summed E-state index contributed by atoms with van der Waals surface area (Å²) in [5, 5.41) is 3.51. The first-order valence-corrected chi connectivity index (χ1v) is 7.43. The number of carbonyl (C=O) groups is 1. The van der Waals surface area contributed by atoms with Crippen LogP contribution in [0.5, 0.6) is 0 Å². The Kier molecular flexibility index (Phi) is 3.52. The highest BCUT2D eigenvalue weighted by Gasteiger charge is 2.30. The number of rotatable bonds is 2. The lowest BCUT2D eigenvalue weighted by atomic mass is 9.78. The molecule has 3 unspecified atom stereocenters. The van der Waals surface area contributed by atoms with Gasteiger partial charge in [-0.25, -0.2) is 0 Å². The summed E-state index contributed by atoms with van der Waals surface area (Å²) in [5.41, 5.74) is 9.50. The molecule has 1 fully saturated rings. The molecule has 0 aliphatic carbocycles. The number of anilines is 1. The van der Waals surface area contributed by atoms with Gasteiger partial charge in [-0.2, -0.15) is 0 Å². The first-order valence-electron chi connectivity index (χ1n) is 7.43. The minimum atomic E-state index is 0.186. The molecule has 0 spiro atoms. The van der Waals surface area contributed by atoms with Gasteiger partial charge < -0.3 is 16.0 Å². The van der Waals surface area contributed by atoms with Crippen LogP contribution in [0.2, 0.25) is 0 Å². The van der Waals surface area contributed by atoms with Crippen molar-refractivity contribution in [3.05, 3.63) is 29.3 Å². The molecule has 1 aromatic rings. The highest BCUT2D eigenvalue weighted by Crippen LogP contribution is 2.36. The van der Waals surface area contributed by atoms with E-state index in [0.29, 0.717) is 30.8 Å². The quantitative estimate of drug-likeness (QED) is 0.852. The summed E-state index contributed by atoms with van der Waals surface area (Å²) in [5.74, 6) is 1.17. The van der Waals surface area contributed by atoms with Gasteiger partial charge >= 0.3 is 0 Å². The van der Waals surface area contributed by atoms with Crippen LogP contribution in [0.1, 0.15) is 30.4 Å². The molecule has 20 heavy (non-hydrogen) atoms. The highest BCUT2D eigenvalue weighted by atomic mass is 16.2. The summed E-state index contributed by atoms with van der Waals surface area (Å²) in [7, 11) is 1.85. The van der Waals surface area contributed by atoms with Crippen LogP contribution in [-0.4, -0.2) is 32.1 Å². The van der Waals surface area contributed by atoms with Crippen molar-refractivity contribution in [2.75, 3.05) is 25.0 Å². The fourth-order valence-corrected chi connectivity index (χ4v) is 3.53. The number of nitrogens with one attached hydrogen (secondary N) is 1. The molecular formula is C16H23N3O. The second-order valence-electron chi connectivity index (χ2n) is 6.16. The SMILES string of the molecule is CC1CC(c2ccc3c(c2)CC(=O)N3C)C(CN)CN1. The Bertz CT molecular complexity index is 528. The maximum atomic E-state index is 11.8. The Morgan fingerprint density at radius 2 is 2.25 bits per heavy atom. The van der Waals surface area contributed by atoms with Crippen molar-refractivity contribution in [3.8, 4) is 0 Å². The predicted molar refractivity (Wildman–Crippen MR) is 80.9 cm³/mol. The molecule has 3 atom stereocenters. The van der Waals surface area contributed by atoms with E-state index >= 15 is 0 Å². The lowest BCUT2D eigenvalue weighted by Crippen LogP contribution is -2.44. The van der Waals surface area contributed by atoms with Crippen LogP contribution in [0.3, 0.4) is 0 Å². The Morgan fingerprint density at radius 1 is 1.45 bits per heavy atom. The number of benzene rings is 1. The van der Waals surface area contributed by atoms with Crippen LogP contribution in [0.15, 0.2) is 18.2 Å². The molecule has 1 aromatic carbocycles. The summed E-state index contributed by atoms with van der Waals surface area (Å²) in [4.78, 5) is 13.5. The van der Waals surface area contributed by atoms with E-state index in [0.717, 1.165) is 24.2 Å². The molecule has 4 nitrogen and oxygen atoms in total. The number of hydrogen-bond donors (Lipinski definition) is 2. The second-order valence-corrected chi connectivity index (χ2v) is 6.16. The summed E-state index contributed by atoms with van der Waals surface area (Å²) in [6, 6.07) is 7.03. The van der Waals surface area contributed by atoms with E-state index in [2.05, 4.69) is 30.4 Å². The molecule has 3 rings (SSSR count). The average molecular weight is 273 g/mol. The number of likely N-dealkylation sites (N-methyl/N-ethyl adjacent to an activating group) is 1. The van der Waals surface area contributed by atoms with Gasteiger partial charge in [-0.05, 0) is 55.5 Å². The van der Waals surface area contributed by atoms with Crippen LogP contribution >= 0.6 is 0 Å². The number of nitrogens with two attached hydrogens (primary N) is 1. The number of piperidine rings is 1. The fraction of sp³-hybridized carbons (Fsp3) is 0.562. The molecule has 4 heteroatoms. The van der Waals surface area contributed by atoms with Gasteiger partial charge in [-0.3, -0.25) is 4.79 Å². The van der Waals surface area contributed by atoms with E-state index in [1.807, 2.05) is 7.05 Å². The highest BCUT2D eigenvalue weighted by molar-refractivity contribution is 6.00. The zero-order valence-electron chi connectivity index (χ0n) is 12.2. The first-order chi connectivity index (χ1) is 9.60. The molecular weight excluding hydrogens is 250 g/mol. The van der Waals surface area contributed by atoms with Crippen molar-refractivity contribution in [1.29, 1.82) is 0 Å². The largest absolute Gasteiger partial charge is 0.330 e. The number of fused-ring (bicyclic) bond motifs is 1. The van der Waals surface area contributed by atoms with Gasteiger partial charge in [0.05, 0.1) is 6.42 Å². The van der Waals surface area contributed by atoms with E-state index < -0.39 is 0 Å². The summed E-state index contributed by atoms with van der Waals surface area (Å²) in [6.45, 7) is 3.92. The molecule has 2 aliphatic heterocycles. The van der Waals surface area contributed by atoms with E-state index in [9.17, 15) is 4.79 Å². The molecule has 0 saturated carbocycles. The van der Waals surface area contributed by atoms with E-state index in [-0.39, 0.29) is 5.91 Å².